The van der Waals surface area contributed by atoms with Crippen LogP contribution in [-0.2, 0) is 11.3 Å². The van der Waals surface area contributed by atoms with Crippen LogP contribution in [0.1, 0.15) is 21.1 Å². The number of hydrogen-bond donors (Lipinski definition) is 0. The van der Waals surface area contributed by atoms with Gasteiger partial charge in [0.15, 0.2) is 16.5 Å². The summed E-state index contributed by atoms with van der Waals surface area (Å²) in [6, 6.07) is 9.66. The highest BCUT2D eigenvalue weighted by molar-refractivity contribution is 7.15. The standard InChI is InChI=1S/C19H13FN2O3S2/c1-11-16(22-18(27-11)15-3-2-8-24-15)19(23)25-9-14-10-26-17(21-14)12-4-6-13(20)7-5-12/h2-8,10H,9H2,1H3. The average molecular weight is 400 g/mol. The van der Waals surface area contributed by atoms with Crippen LogP contribution >= 0.6 is 22.7 Å². The summed E-state index contributed by atoms with van der Waals surface area (Å²) in [5, 5.41) is 3.19. The van der Waals surface area contributed by atoms with E-state index in [-0.39, 0.29) is 18.1 Å². The minimum Gasteiger partial charge on any atom is -0.462 e. The van der Waals surface area contributed by atoms with Crippen LogP contribution in [0.3, 0.4) is 0 Å². The second-order valence-electron chi connectivity index (χ2n) is 5.63. The Bertz CT molecular complexity index is 1070. The van der Waals surface area contributed by atoms with Crippen molar-refractivity contribution >= 4 is 28.6 Å². The predicted molar refractivity (Wildman–Crippen MR) is 101 cm³/mol. The Hall–Kier alpha value is -2.84. The lowest BCUT2D eigenvalue weighted by Crippen LogP contribution is -2.07. The number of rotatable bonds is 5. The molecule has 0 unspecified atom stereocenters. The number of aryl methyl sites for hydroxylation is 1. The fraction of sp³-hybridized carbons (Fsp3) is 0.105. The molecule has 0 aliphatic carbocycles. The van der Waals surface area contributed by atoms with Crippen molar-refractivity contribution < 1.29 is 18.3 Å². The highest BCUT2D eigenvalue weighted by Crippen LogP contribution is 2.29. The molecule has 0 spiro atoms. The third-order valence-corrected chi connectivity index (χ3v) is 5.64. The maximum absolute atomic E-state index is 13.0. The van der Waals surface area contributed by atoms with E-state index in [0.717, 1.165) is 15.4 Å². The maximum Gasteiger partial charge on any atom is 0.358 e. The number of hydrogen-bond acceptors (Lipinski definition) is 7. The van der Waals surface area contributed by atoms with Crippen molar-refractivity contribution in [3.8, 4) is 21.3 Å². The number of benzene rings is 1. The molecule has 0 aliphatic rings. The van der Waals surface area contributed by atoms with Crippen molar-refractivity contribution in [3.63, 3.8) is 0 Å². The van der Waals surface area contributed by atoms with Crippen LogP contribution < -0.4 is 0 Å². The molecule has 0 N–H and O–H groups in total. The first-order chi connectivity index (χ1) is 13.1. The number of esters is 1. The van der Waals surface area contributed by atoms with E-state index in [4.69, 9.17) is 9.15 Å². The molecule has 0 bridgehead atoms. The quantitative estimate of drug-likeness (QED) is 0.424. The highest BCUT2D eigenvalue weighted by atomic mass is 32.1. The Labute approximate surface area is 162 Å². The minimum absolute atomic E-state index is 0.0452. The fourth-order valence-electron chi connectivity index (χ4n) is 2.40. The molecule has 0 amide bonds. The monoisotopic (exact) mass is 400 g/mol. The van der Waals surface area contributed by atoms with Crippen LogP contribution in [0.4, 0.5) is 4.39 Å². The van der Waals surface area contributed by atoms with Gasteiger partial charge in [-0.2, -0.15) is 0 Å². The Kier molecular flexibility index (Phi) is 4.83. The Morgan fingerprint density at radius 3 is 2.74 bits per heavy atom. The number of halogens is 1. The first kappa shape index (κ1) is 17.6. The van der Waals surface area contributed by atoms with Gasteiger partial charge in [0.1, 0.15) is 17.4 Å². The summed E-state index contributed by atoms with van der Waals surface area (Å²) in [4.78, 5) is 21.9. The zero-order valence-electron chi connectivity index (χ0n) is 14.1. The highest BCUT2D eigenvalue weighted by Gasteiger charge is 2.19. The molecule has 0 radical (unpaired) electrons. The number of thiazole rings is 2. The van der Waals surface area contributed by atoms with Crippen LogP contribution in [0, 0.1) is 12.7 Å². The van der Waals surface area contributed by atoms with Crippen LogP contribution in [-0.4, -0.2) is 15.9 Å². The van der Waals surface area contributed by atoms with Gasteiger partial charge in [-0.25, -0.2) is 19.2 Å². The fourth-order valence-corrected chi connectivity index (χ4v) is 4.08. The molecule has 0 aliphatic heterocycles. The van der Waals surface area contributed by atoms with E-state index in [1.165, 1.54) is 34.8 Å². The van der Waals surface area contributed by atoms with Crippen molar-refractivity contribution in [1.29, 1.82) is 0 Å². The minimum atomic E-state index is -0.502. The lowest BCUT2D eigenvalue weighted by atomic mass is 10.2. The summed E-state index contributed by atoms with van der Waals surface area (Å²) in [6.45, 7) is 1.86. The zero-order valence-corrected chi connectivity index (χ0v) is 15.8. The van der Waals surface area contributed by atoms with Gasteiger partial charge in [-0.3, -0.25) is 0 Å². The van der Waals surface area contributed by atoms with Crippen molar-refractivity contribution in [2.75, 3.05) is 0 Å². The molecular weight excluding hydrogens is 387 g/mol. The lowest BCUT2D eigenvalue weighted by Gasteiger charge is -2.01. The van der Waals surface area contributed by atoms with Crippen LogP contribution in [0.5, 0.6) is 0 Å². The van der Waals surface area contributed by atoms with Gasteiger partial charge in [-0.1, -0.05) is 0 Å². The zero-order chi connectivity index (χ0) is 18.8. The molecule has 4 aromatic rings. The van der Waals surface area contributed by atoms with Gasteiger partial charge in [0.05, 0.1) is 12.0 Å². The number of aromatic nitrogens is 2. The van der Waals surface area contributed by atoms with E-state index >= 15 is 0 Å². The van der Waals surface area contributed by atoms with E-state index in [1.807, 2.05) is 12.3 Å². The lowest BCUT2D eigenvalue weighted by molar-refractivity contribution is 0.0461. The summed E-state index contributed by atoms with van der Waals surface area (Å²) in [5.74, 6) is -0.180. The van der Waals surface area contributed by atoms with E-state index in [0.29, 0.717) is 16.5 Å². The normalized spacial score (nSPS) is 10.9. The van der Waals surface area contributed by atoms with Crippen molar-refractivity contribution in [3.05, 3.63) is 70.1 Å². The summed E-state index contributed by atoms with van der Waals surface area (Å²) < 4.78 is 23.7. The van der Waals surface area contributed by atoms with Crippen LogP contribution in [0.2, 0.25) is 0 Å². The molecule has 0 atom stereocenters. The molecule has 136 valence electrons. The Morgan fingerprint density at radius 2 is 2.00 bits per heavy atom. The van der Waals surface area contributed by atoms with Gasteiger partial charge in [-0.05, 0) is 43.3 Å². The second kappa shape index (κ2) is 7.42. The molecule has 3 aromatic heterocycles. The Balaban J connectivity index is 1.43. The number of ether oxygens (including phenoxy) is 1. The van der Waals surface area contributed by atoms with Gasteiger partial charge >= 0.3 is 5.97 Å². The molecule has 0 fully saturated rings. The van der Waals surface area contributed by atoms with Gasteiger partial charge in [-0.15, -0.1) is 22.7 Å². The van der Waals surface area contributed by atoms with Gasteiger partial charge in [0, 0.05) is 15.8 Å². The third kappa shape index (κ3) is 3.81. The summed E-state index contributed by atoms with van der Waals surface area (Å²) in [7, 11) is 0. The number of furan rings is 1. The van der Waals surface area contributed by atoms with Gasteiger partial charge in [0.25, 0.3) is 0 Å². The molecule has 0 saturated heterocycles. The number of nitrogens with zero attached hydrogens (tertiary/aromatic N) is 2. The smallest absolute Gasteiger partial charge is 0.358 e. The van der Waals surface area contributed by atoms with Gasteiger partial charge in [0.2, 0.25) is 0 Å². The molecule has 5 nitrogen and oxygen atoms in total. The third-order valence-electron chi connectivity index (χ3n) is 3.72. The van der Waals surface area contributed by atoms with E-state index in [1.54, 1.807) is 30.5 Å². The summed E-state index contributed by atoms with van der Waals surface area (Å²) in [6.07, 6.45) is 1.56. The van der Waals surface area contributed by atoms with E-state index in [2.05, 4.69) is 9.97 Å². The molecule has 0 saturated carbocycles. The topological polar surface area (TPSA) is 65.2 Å². The molecule has 1 aromatic carbocycles. The first-order valence-corrected chi connectivity index (χ1v) is 9.68. The molecule has 3 heterocycles. The number of carbonyl (C=O) groups excluding carboxylic acids is 1. The van der Waals surface area contributed by atoms with Crippen LogP contribution in [0.15, 0.2) is 52.5 Å². The molecule has 4 rings (SSSR count). The summed E-state index contributed by atoms with van der Waals surface area (Å²) in [5.41, 5.74) is 1.73. The average Bonchev–Trinajstić information content (AvgIpc) is 3.41. The molecular formula is C19H13FN2O3S2. The summed E-state index contributed by atoms with van der Waals surface area (Å²) >= 11 is 2.79. The van der Waals surface area contributed by atoms with Crippen LogP contribution in [0.25, 0.3) is 21.3 Å². The predicted octanol–water partition coefficient (Wildman–Crippen LogP) is 5.33. The van der Waals surface area contributed by atoms with Crippen molar-refractivity contribution in [2.24, 2.45) is 0 Å². The number of carbonyl (C=O) groups is 1. The second-order valence-corrected chi connectivity index (χ2v) is 7.69. The van der Waals surface area contributed by atoms with Gasteiger partial charge < -0.3 is 9.15 Å². The van der Waals surface area contributed by atoms with Crippen molar-refractivity contribution in [2.45, 2.75) is 13.5 Å². The Morgan fingerprint density at radius 1 is 1.19 bits per heavy atom. The van der Waals surface area contributed by atoms with Crippen molar-refractivity contribution in [1.82, 2.24) is 9.97 Å². The SMILES string of the molecule is Cc1sc(-c2ccco2)nc1C(=O)OCc1csc(-c2ccc(F)cc2)n1. The van der Waals surface area contributed by atoms with E-state index in [9.17, 15) is 9.18 Å². The maximum atomic E-state index is 13.0. The molecule has 27 heavy (non-hydrogen) atoms. The first-order valence-electron chi connectivity index (χ1n) is 7.99. The van der Waals surface area contributed by atoms with E-state index < -0.39 is 5.97 Å². The largest absolute Gasteiger partial charge is 0.462 e. The molecule has 8 heteroatoms.